The van der Waals surface area contributed by atoms with Crippen molar-refractivity contribution >= 4 is 23.9 Å². The molecule has 0 spiro atoms. The van der Waals surface area contributed by atoms with E-state index >= 15 is 0 Å². The first-order chi connectivity index (χ1) is 14.8. The van der Waals surface area contributed by atoms with E-state index in [-0.39, 0.29) is 12.3 Å². The van der Waals surface area contributed by atoms with Crippen LogP contribution in [0, 0.1) is 5.92 Å². The monoisotopic (exact) mass is 449 g/mol. The minimum Gasteiger partial charge on any atom is -0.467 e. The zero-order valence-corrected chi connectivity index (χ0v) is 19.9. The summed E-state index contributed by atoms with van der Waals surface area (Å²) in [6, 6.07) is 6.37. The number of alkyl carbamates (subject to hydrolysis) is 1. The summed E-state index contributed by atoms with van der Waals surface area (Å²) in [6.07, 6.45) is -0.543. The molecule has 0 aliphatic carbocycles. The summed E-state index contributed by atoms with van der Waals surface area (Å²) in [5.74, 6) is -1.88. The molecule has 0 aliphatic rings. The summed E-state index contributed by atoms with van der Waals surface area (Å²) in [7, 11) is 1.25. The maximum Gasteiger partial charge on any atom is 0.408 e. The van der Waals surface area contributed by atoms with Crippen molar-refractivity contribution in [3.05, 3.63) is 35.9 Å². The molecule has 2 unspecified atom stereocenters. The van der Waals surface area contributed by atoms with Crippen molar-refractivity contribution in [2.24, 2.45) is 5.92 Å². The quantitative estimate of drug-likeness (QED) is 0.495. The van der Waals surface area contributed by atoms with Crippen molar-refractivity contribution in [3.8, 4) is 0 Å². The molecular formula is C23H35N3O6. The maximum atomic E-state index is 13.0. The molecule has 0 aromatic heterocycles. The van der Waals surface area contributed by atoms with Gasteiger partial charge >= 0.3 is 12.1 Å². The molecule has 0 saturated carbocycles. The number of hydrogen-bond donors (Lipinski definition) is 3. The lowest BCUT2D eigenvalue weighted by molar-refractivity contribution is -0.146. The van der Waals surface area contributed by atoms with Gasteiger partial charge in [0, 0.05) is 6.42 Å². The van der Waals surface area contributed by atoms with Crippen molar-refractivity contribution in [2.75, 3.05) is 7.11 Å². The van der Waals surface area contributed by atoms with Crippen LogP contribution in [0.4, 0.5) is 4.79 Å². The predicted octanol–water partition coefficient (Wildman–Crippen LogP) is 1.94. The third-order valence-electron chi connectivity index (χ3n) is 4.46. The van der Waals surface area contributed by atoms with E-state index in [1.807, 2.05) is 30.3 Å². The van der Waals surface area contributed by atoms with E-state index in [2.05, 4.69) is 16.0 Å². The number of esters is 1. The van der Waals surface area contributed by atoms with Gasteiger partial charge in [-0.05, 0) is 39.2 Å². The van der Waals surface area contributed by atoms with Gasteiger partial charge < -0.3 is 25.4 Å². The minimum atomic E-state index is -0.973. The van der Waals surface area contributed by atoms with Crippen LogP contribution in [0.3, 0.4) is 0 Å². The number of rotatable bonds is 9. The number of ether oxygens (including phenoxy) is 2. The van der Waals surface area contributed by atoms with Crippen LogP contribution in [-0.2, 0) is 30.3 Å². The summed E-state index contributed by atoms with van der Waals surface area (Å²) in [4.78, 5) is 49.7. The maximum absolute atomic E-state index is 13.0. The van der Waals surface area contributed by atoms with Crippen LogP contribution in [0.2, 0.25) is 0 Å². The Labute approximate surface area is 189 Å². The van der Waals surface area contributed by atoms with Gasteiger partial charge in [0.25, 0.3) is 0 Å². The highest BCUT2D eigenvalue weighted by Gasteiger charge is 2.31. The minimum absolute atomic E-state index is 0.198. The first kappa shape index (κ1) is 26.9. The van der Waals surface area contributed by atoms with E-state index in [4.69, 9.17) is 9.47 Å². The normalized spacial score (nSPS) is 14.0. The Morgan fingerprint density at radius 1 is 0.906 bits per heavy atom. The Hall–Kier alpha value is -3.10. The van der Waals surface area contributed by atoms with Crippen molar-refractivity contribution in [2.45, 2.75) is 71.7 Å². The zero-order valence-electron chi connectivity index (χ0n) is 19.9. The van der Waals surface area contributed by atoms with Gasteiger partial charge in [-0.3, -0.25) is 9.59 Å². The van der Waals surface area contributed by atoms with Crippen LogP contribution in [-0.4, -0.2) is 54.7 Å². The van der Waals surface area contributed by atoms with Crippen molar-refractivity contribution < 1.29 is 28.7 Å². The largest absolute Gasteiger partial charge is 0.467 e. The number of benzene rings is 1. The Morgan fingerprint density at radius 2 is 1.50 bits per heavy atom. The van der Waals surface area contributed by atoms with E-state index in [1.165, 1.54) is 14.0 Å². The van der Waals surface area contributed by atoms with E-state index in [0.717, 1.165) is 5.56 Å². The summed E-state index contributed by atoms with van der Waals surface area (Å²) in [6.45, 7) is 10.2. The predicted molar refractivity (Wildman–Crippen MR) is 120 cm³/mol. The van der Waals surface area contributed by atoms with Crippen LogP contribution < -0.4 is 16.0 Å². The van der Waals surface area contributed by atoms with Crippen LogP contribution >= 0.6 is 0 Å². The summed E-state index contributed by atoms with van der Waals surface area (Å²) in [5.41, 5.74) is 0.107. The second kappa shape index (κ2) is 12.1. The lowest BCUT2D eigenvalue weighted by Gasteiger charge is -2.26. The number of hydrogen-bond acceptors (Lipinski definition) is 6. The van der Waals surface area contributed by atoms with E-state index in [9.17, 15) is 19.2 Å². The molecule has 0 saturated heterocycles. The van der Waals surface area contributed by atoms with Crippen molar-refractivity contribution in [1.82, 2.24) is 16.0 Å². The molecule has 0 bridgehead atoms. The van der Waals surface area contributed by atoms with Crippen LogP contribution in [0.5, 0.6) is 0 Å². The molecule has 3 N–H and O–H groups in total. The molecule has 1 aromatic rings. The van der Waals surface area contributed by atoms with Crippen LogP contribution in [0.1, 0.15) is 47.1 Å². The molecule has 0 heterocycles. The third-order valence-corrected chi connectivity index (χ3v) is 4.46. The number of amides is 3. The van der Waals surface area contributed by atoms with Gasteiger partial charge in [0.2, 0.25) is 11.8 Å². The molecule has 178 valence electrons. The third kappa shape index (κ3) is 9.36. The van der Waals surface area contributed by atoms with Crippen LogP contribution in [0.25, 0.3) is 0 Å². The number of carbonyl (C=O) groups is 4. The highest BCUT2D eigenvalue weighted by molar-refractivity contribution is 5.93. The van der Waals surface area contributed by atoms with Crippen molar-refractivity contribution in [1.29, 1.82) is 0 Å². The molecule has 9 heteroatoms. The lowest BCUT2D eigenvalue weighted by Crippen LogP contribution is -2.57. The molecule has 3 atom stereocenters. The van der Waals surface area contributed by atoms with Gasteiger partial charge in [-0.1, -0.05) is 44.2 Å². The van der Waals surface area contributed by atoms with E-state index in [1.54, 1.807) is 34.6 Å². The zero-order chi connectivity index (χ0) is 24.5. The fourth-order valence-electron chi connectivity index (χ4n) is 2.78. The van der Waals surface area contributed by atoms with Gasteiger partial charge in [-0.2, -0.15) is 0 Å². The highest BCUT2D eigenvalue weighted by Crippen LogP contribution is 2.09. The molecule has 3 amide bonds. The van der Waals surface area contributed by atoms with Gasteiger partial charge in [0.05, 0.1) is 7.11 Å². The highest BCUT2D eigenvalue weighted by atomic mass is 16.6. The molecule has 1 aromatic carbocycles. The summed E-state index contributed by atoms with van der Waals surface area (Å²) >= 11 is 0. The number of carbonyl (C=O) groups excluding carboxylic acids is 4. The Kier molecular flexibility index (Phi) is 10.2. The molecule has 0 radical (unpaired) electrons. The average Bonchev–Trinajstić information content (AvgIpc) is 2.69. The SMILES string of the molecule is COC(=O)C(NC(=O)C(Cc1ccccc1)NC(=O)[C@H](C)NC(=O)OC(C)(C)C)C(C)C. The topological polar surface area (TPSA) is 123 Å². The van der Waals surface area contributed by atoms with Crippen molar-refractivity contribution in [3.63, 3.8) is 0 Å². The van der Waals surface area contributed by atoms with Gasteiger partial charge in [0.1, 0.15) is 23.7 Å². The molecule has 32 heavy (non-hydrogen) atoms. The second-order valence-electron chi connectivity index (χ2n) is 8.87. The first-order valence-corrected chi connectivity index (χ1v) is 10.6. The van der Waals surface area contributed by atoms with Gasteiger partial charge in [0.15, 0.2) is 0 Å². The summed E-state index contributed by atoms with van der Waals surface area (Å²) in [5, 5.41) is 7.78. The fraction of sp³-hybridized carbons (Fsp3) is 0.565. The molecule has 1 rings (SSSR count). The number of nitrogens with one attached hydrogen (secondary N) is 3. The smallest absolute Gasteiger partial charge is 0.408 e. The molecular weight excluding hydrogens is 414 g/mol. The van der Waals surface area contributed by atoms with Gasteiger partial charge in [-0.15, -0.1) is 0 Å². The van der Waals surface area contributed by atoms with E-state index in [0.29, 0.717) is 0 Å². The van der Waals surface area contributed by atoms with E-state index < -0.39 is 47.6 Å². The molecule has 0 aliphatic heterocycles. The molecule has 0 fully saturated rings. The van der Waals surface area contributed by atoms with Crippen LogP contribution in [0.15, 0.2) is 30.3 Å². The average molecular weight is 450 g/mol. The second-order valence-corrected chi connectivity index (χ2v) is 8.87. The number of methoxy groups -OCH3 is 1. The van der Waals surface area contributed by atoms with Gasteiger partial charge in [-0.25, -0.2) is 9.59 Å². The Balaban J connectivity index is 2.96. The summed E-state index contributed by atoms with van der Waals surface area (Å²) < 4.78 is 9.94. The first-order valence-electron chi connectivity index (χ1n) is 10.6. The standard InChI is InChI=1S/C23H35N3O6/c1-14(2)18(21(29)31-7)26-20(28)17(13-16-11-9-8-10-12-16)25-19(27)15(3)24-22(30)32-23(4,5)6/h8-12,14-15,17-18H,13H2,1-7H3,(H,24,30)(H,25,27)(H,26,28)/t15-,17?,18?/m0/s1. The fourth-order valence-corrected chi connectivity index (χ4v) is 2.78. The Morgan fingerprint density at radius 3 is 2.00 bits per heavy atom. The Bertz CT molecular complexity index is 789. The lowest BCUT2D eigenvalue weighted by atomic mass is 10.0. The molecule has 9 nitrogen and oxygen atoms in total.